The zero-order chi connectivity index (χ0) is 14.5. The molecule has 2 aromatic rings. The third kappa shape index (κ3) is 3.68. The highest BCUT2D eigenvalue weighted by Gasteiger charge is 2.08. The summed E-state index contributed by atoms with van der Waals surface area (Å²) in [6.07, 6.45) is 0. The van der Waals surface area contributed by atoms with Gasteiger partial charge in [0.15, 0.2) is 0 Å². The molecular weight excluding hydrogens is 327 g/mol. The predicted octanol–water partition coefficient (Wildman–Crippen LogP) is 2.99. The summed E-state index contributed by atoms with van der Waals surface area (Å²) in [6.45, 7) is 0.904. The lowest BCUT2D eigenvalue weighted by atomic mass is 10.2. The van der Waals surface area contributed by atoms with E-state index in [0.29, 0.717) is 24.3 Å². The fraction of sp³-hybridized carbons (Fsp3) is 0.214. The number of carbonyl (C=O) groups excluding carboxylic acids is 1. The van der Waals surface area contributed by atoms with Crippen LogP contribution in [-0.2, 0) is 17.8 Å². The Morgan fingerprint density at radius 1 is 1.35 bits per heavy atom. The minimum absolute atomic E-state index is 0.248. The second kappa shape index (κ2) is 6.67. The van der Waals surface area contributed by atoms with E-state index in [4.69, 9.17) is 0 Å². The van der Waals surface area contributed by atoms with Crippen molar-refractivity contribution in [3.63, 3.8) is 0 Å². The number of hydrogen-bond acceptors (Lipinski definition) is 3. The number of esters is 1. The number of methoxy groups -OCH3 is 1. The van der Waals surface area contributed by atoms with Crippen molar-refractivity contribution in [2.45, 2.75) is 13.1 Å². The molecule has 1 aromatic heterocycles. The van der Waals surface area contributed by atoms with Gasteiger partial charge < -0.3 is 15.0 Å². The maximum Gasteiger partial charge on any atom is 0.354 e. The van der Waals surface area contributed by atoms with Crippen molar-refractivity contribution in [2.24, 2.45) is 0 Å². The van der Waals surface area contributed by atoms with Crippen molar-refractivity contribution in [1.82, 2.24) is 10.3 Å². The van der Waals surface area contributed by atoms with Crippen LogP contribution in [0, 0.1) is 5.82 Å². The van der Waals surface area contributed by atoms with E-state index in [9.17, 15) is 9.18 Å². The maximum absolute atomic E-state index is 13.5. The number of aromatic amines is 1. The molecule has 0 saturated heterocycles. The molecule has 0 bridgehead atoms. The molecule has 1 heterocycles. The Bertz CT molecular complexity index is 613. The van der Waals surface area contributed by atoms with Gasteiger partial charge in [-0.05, 0) is 30.3 Å². The van der Waals surface area contributed by atoms with E-state index >= 15 is 0 Å². The van der Waals surface area contributed by atoms with Crippen LogP contribution in [0.1, 0.15) is 21.7 Å². The molecule has 4 nitrogen and oxygen atoms in total. The Balaban J connectivity index is 1.91. The molecule has 2 rings (SSSR count). The van der Waals surface area contributed by atoms with E-state index in [1.807, 2.05) is 0 Å². The highest BCUT2D eigenvalue weighted by molar-refractivity contribution is 9.10. The van der Waals surface area contributed by atoms with Crippen LogP contribution in [0.15, 0.2) is 34.8 Å². The first-order chi connectivity index (χ1) is 9.60. The summed E-state index contributed by atoms with van der Waals surface area (Å²) in [7, 11) is 1.33. The first-order valence-electron chi connectivity index (χ1n) is 6.01. The molecule has 1 aromatic carbocycles. The Labute approximate surface area is 124 Å². The first kappa shape index (κ1) is 14.7. The summed E-state index contributed by atoms with van der Waals surface area (Å²) in [4.78, 5) is 14.2. The van der Waals surface area contributed by atoms with Gasteiger partial charge in [0.05, 0.1) is 7.11 Å². The number of hydrogen-bond donors (Lipinski definition) is 2. The largest absolute Gasteiger partial charge is 0.464 e. The lowest BCUT2D eigenvalue weighted by Crippen LogP contribution is -2.14. The van der Waals surface area contributed by atoms with Crippen molar-refractivity contribution >= 4 is 21.9 Å². The van der Waals surface area contributed by atoms with E-state index in [-0.39, 0.29) is 5.82 Å². The predicted molar refractivity (Wildman–Crippen MR) is 76.8 cm³/mol. The van der Waals surface area contributed by atoms with Crippen molar-refractivity contribution in [2.75, 3.05) is 7.11 Å². The van der Waals surface area contributed by atoms with Crippen LogP contribution in [-0.4, -0.2) is 18.1 Å². The molecule has 0 saturated carbocycles. The van der Waals surface area contributed by atoms with Gasteiger partial charge in [0, 0.05) is 28.8 Å². The van der Waals surface area contributed by atoms with Crippen LogP contribution in [0.5, 0.6) is 0 Å². The number of aromatic nitrogens is 1. The van der Waals surface area contributed by atoms with Gasteiger partial charge in [-0.25, -0.2) is 9.18 Å². The van der Waals surface area contributed by atoms with Gasteiger partial charge in [-0.2, -0.15) is 0 Å². The molecule has 106 valence electrons. The molecule has 0 amide bonds. The number of halogens is 2. The Morgan fingerprint density at radius 3 is 2.90 bits per heavy atom. The molecule has 6 heteroatoms. The number of carbonyl (C=O) groups is 1. The third-order valence-electron chi connectivity index (χ3n) is 2.79. The molecular formula is C14H14BrFN2O2. The number of nitrogens with one attached hydrogen (secondary N) is 2. The monoisotopic (exact) mass is 340 g/mol. The molecule has 20 heavy (non-hydrogen) atoms. The van der Waals surface area contributed by atoms with Crippen LogP contribution in [0.3, 0.4) is 0 Å². The van der Waals surface area contributed by atoms with Crippen LogP contribution in [0.2, 0.25) is 0 Å². The molecule has 0 spiro atoms. The van der Waals surface area contributed by atoms with E-state index in [2.05, 4.69) is 31.0 Å². The second-order valence-electron chi connectivity index (χ2n) is 4.23. The minimum atomic E-state index is -0.408. The summed E-state index contributed by atoms with van der Waals surface area (Å²) in [5.41, 5.74) is 1.82. The lowest BCUT2D eigenvalue weighted by molar-refractivity contribution is 0.0594. The third-order valence-corrected chi connectivity index (χ3v) is 3.28. The van der Waals surface area contributed by atoms with E-state index in [1.54, 1.807) is 24.3 Å². The maximum atomic E-state index is 13.5. The number of rotatable bonds is 5. The molecule has 0 aliphatic heterocycles. The topological polar surface area (TPSA) is 54.1 Å². The van der Waals surface area contributed by atoms with Gasteiger partial charge in [-0.15, -0.1) is 0 Å². The number of H-pyrrole nitrogens is 1. The quantitative estimate of drug-likeness (QED) is 0.822. The summed E-state index contributed by atoms with van der Waals surface area (Å²) >= 11 is 3.31. The van der Waals surface area contributed by atoms with Crippen LogP contribution in [0.4, 0.5) is 4.39 Å². The molecule has 0 radical (unpaired) electrons. The van der Waals surface area contributed by atoms with Gasteiger partial charge in [-0.1, -0.05) is 15.9 Å². The molecule has 0 unspecified atom stereocenters. The van der Waals surface area contributed by atoms with Gasteiger partial charge in [0.2, 0.25) is 0 Å². The van der Waals surface area contributed by atoms with Crippen LogP contribution in [0.25, 0.3) is 0 Å². The van der Waals surface area contributed by atoms with Crippen molar-refractivity contribution < 1.29 is 13.9 Å². The Kier molecular flexibility index (Phi) is 4.92. The SMILES string of the molecule is COC(=O)c1ccc(CNCc2cc(Br)ccc2F)[nH]1. The van der Waals surface area contributed by atoms with Crippen molar-refractivity contribution in [1.29, 1.82) is 0 Å². The summed E-state index contributed by atoms with van der Waals surface area (Å²) in [5, 5.41) is 3.11. The average molecular weight is 341 g/mol. The van der Waals surface area contributed by atoms with Crippen molar-refractivity contribution in [3.8, 4) is 0 Å². The van der Waals surface area contributed by atoms with Gasteiger partial charge in [0.1, 0.15) is 11.5 Å². The summed E-state index contributed by atoms with van der Waals surface area (Å²) < 4.78 is 19.0. The zero-order valence-corrected chi connectivity index (χ0v) is 12.5. The fourth-order valence-corrected chi connectivity index (χ4v) is 2.19. The Morgan fingerprint density at radius 2 is 2.15 bits per heavy atom. The molecule has 0 atom stereocenters. The van der Waals surface area contributed by atoms with Crippen LogP contribution < -0.4 is 5.32 Å². The first-order valence-corrected chi connectivity index (χ1v) is 6.80. The van der Waals surface area contributed by atoms with Crippen molar-refractivity contribution in [3.05, 3.63) is 57.6 Å². The van der Waals surface area contributed by atoms with E-state index in [0.717, 1.165) is 10.2 Å². The molecule has 2 N–H and O–H groups in total. The molecule has 0 fully saturated rings. The number of benzene rings is 1. The van der Waals surface area contributed by atoms with Gasteiger partial charge in [-0.3, -0.25) is 0 Å². The fourth-order valence-electron chi connectivity index (χ4n) is 1.78. The standard InChI is InChI=1S/C14H14BrFN2O2/c1-20-14(19)13-5-3-11(18-13)8-17-7-9-6-10(15)2-4-12(9)16/h2-6,17-18H,7-8H2,1H3. The second-order valence-corrected chi connectivity index (χ2v) is 5.14. The summed E-state index contributed by atoms with van der Waals surface area (Å²) in [6, 6.07) is 8.26. The minimum Gasteiger partial charge on any atom is -0.464 e. The Hall–Kier alpha value is -1.66. The van der Waals surface area contributed by atoms with E-state index < -0.39 is 5.97 Å². The zero-order valence-electron chi connectivity index (χ0n) is 10.9. The smallest absolute Gasteiger partial charge is 0.354 e. The lowest BCUT2D eigenvalue weighted by Gasteiger charge is -2.05. The molecule has 0 aliphatic carbocycles. The highest BCUT2D eigenvalue weighted by atomic mass is 79.9. The molecule has 0 aliphatic rings. The average Bonchev–Trinajstić information content (AvgIpc) is 2.90. The van der Waals surface area contributed by atoms with Crippen LogP contribution >= 0.6 is 15.9 Å². The highest BCUT2D eigenvalue weighted by Crippen LogP contribution is 2.15. The normalized spacial score (nSPS) is 10.6. The van der Waals surface area contributed by atoms with Gasteiger partial charge in [0.25, 0.3) is 0 Å². The summed E-state index contributed by atoms with van der Waals surface area (Å²) in [5.74, 6) is -0.656. The van der Waals surface area contributed by atoms with Gasteiger partial charge >= 0.3 is 5.97 Å². The number of ether oxygens (including phenoxy) is 1. The van der Waals surface area contributed by atoms with E-state index in [1.165, 1.54) is 13.2 Å².